The number of carboxylic acids is 1. The van der Waals surface area contributed by atoms with Gasteiger partial charge in [-0.3, -0.25) is 81.5 Å². The molecule has 0 saturated carbocycles. The maximum atomic E-state index is 15.7. The number of carbonyl (C=O) groups excluding carboxylic acids is 16. The Morgan fingerprint density at radius 2 is 1.16 bits per heavy atom. The number of nitrogens with two attached hydrogens (primary N) is 1. The lowest BCUT2D eigenvalue weighted by atomic mass is 9.98. The van der Waals surface area contributed by atoms with Gasteiger partial charge in [0.15, 0.2) is 17.5 Å². The number of nitrogens with one attached hydrogen (secondary N) is 10. The molecule has 0 bridgehead atoms. The molecule has 728 valence electrons. The largest absolute Gasteiger partial charge is 0.508 e. The number of morpholine rings is 1. The van der Waals surface area contributed by atoms with E-state index in [0.717, 1.165) is 24.5 Å². The fraction of sp³-hybridized carbons (Fsp3) is 0.467. The van der Waals surface area contributed by atoms with Crippen LogP contribution in [0, 0.1) is 23.4 Å². The topological polar surface area (TPSA) is 545 Å². The Morgan fingerprint density at radius 3 is 1.79 bits per heavy atom. The molecule has 39 nitrogen and oxygen atoms in total. The summed E-state index contributed by atoms with van der Waals surface area (Å²) in [7, 11) is 4.91. The monoisotopic (exact) mass is 1900 g/mol. The molecule has 14 atom stereocenters. The zero-order valence-electron chi connectivity index (χ0n) is 75.6. The number of methoxy groups -OCH3 is 1. The highest BCUT2D eigenvalue weighted by Gasteiger charge is 2.47. The first kappa shape index (κ1) is 105. The number of primary amides is 1. The molecule has 0 unspecified atom stereocenters. The van der Waals surface area contributed by atoms with Crippen LogP contribution in [-0.4, -0.2) is 316 Å². The van der Waals surface area contributed by atoms with E-state index in [1.165, 1.54) is 66.4 Å². The normalized spacial score (nSPS) is 24.0. The summed E-state index contributed by atoms with van der Waals surface area (Å²) in [6.45, 7) is 1.20. The number of phenolic OH excluding ortho intramolecular Hbond substituents is 1. The van der Waals surface area contributed by atoms with Gasteiger partial charge in [-0.05, 0) is 83.3 Å². The number of H-pyrrole nitrogens is 1. The average molecular weight is 1900 g/mol. The number of carbonyl (C=O) groups is 17. The van der Waals surface area contributed by atoms with Crippen LogP contribution in [0.2, 0.25) is 0 Å². The lowest BCUT2D eigenvalue weighted by Crippen LogP contribution is -2.64. The number of carboxylic acid groups (broad SMARTS) is 1. The van der Waals surface area contributed by atoms with Gasteiger partial charge in [0.1, 0.15) is 90.9 Å². The van der Waals surface area contributed by atoms with E-state index in [9.17, 15) is 58.1 Å². The number of para-hydroxylation sites is 1. The summed E-state index contributed by atoms with van der Waals surface area (Å²) in [5.41, 5.74) is 7.20. The summed E-state index contributed by atoms with van der Waals surface area (Å²) in [5.74, 6) is -24.9. The van der Waals surface area contributed by atoms with Gasteiger partial charge in [0.05, 0.1) is 31.6 Å². The van der Waals surface area contributed by atoms with Crippen LogP contribution >= 0.6 is 11.8 Å². The first-order valence-corrected chi connectivity index (χ1v) is 45.1. The minimum atomic E-state index is -1.90. The van der Waals surface area contributed by atoms with Crippen LogP contribution in [0.4, 0.5) is 13.2 Å². The Balaban J connectivity index is 1.14. The van der Waals surface area contributed by atoms with Crippen molar-refractivity contribution < 1.29 is 124 Å². The number of aromatic amines is 1. The number of unbranched alkanes of at least 4 members (excludes halogenated alkanes) is 1. The first-order valence-electron chi connectivity index (χ1n) is 43.9. The van der Waals surface area contributed by atoms with Crippen molar-refractivity contribution in [1.82, 2.24) is 77.3 Å². The van der Waals surface area contributed by atoms with Crippen LogP contribution in [0.25, 0.3) is 10.9 Å². The summed E-state index contributed by atoms with van der Waals surface area (Å²) < 4.78 is 61.3. The highest BCUT2D eigenvalue weighted by atomic mass is 32.2. The third kappa shape index (κ3) is 29.5. The number of fused-ring (bicyclic) bond motifs is 3. The number of aromatic hydroxyl groups is 1. The number of aliphatic carboxylic acids is 1. The van der Waals surface area contributed by atoms with Gasteiger partial charge in [-0.15, -0.1) is 11.8 Å². The number of hydrogen-bond donors (Lipinski definition) is 14. The Labute approximate surface area is 780 Å². The summed E-state index contributed by atoms with van der Waals surface area (Å²) >= 11 is 0.634. The number of amides is 15. The number of rotatable bonds is 26. The van der Waals surface area contributed by atoms with E-state index in [2.05, 4.69) is 52.8 Å². The average Bonchev–Trinajstić information content (AvgIpc) is 1.78. The second-order valence-electron chi connectivity index (χ2n) is 33.5. The maximum Gasteiger partial charge on any atom is 0.303 e. The second kappa shape index (κ2) is 50.5. The molecule has 4 heterocycles. The van der Waals surface area contributed by atoms with E-state index < -0.39 is 273 Å². The summed E-state index contributed by atoms with van der Waals surface area (Å²) in [6, 6.07) is 7.36. The van der Waals surface area contributed by atoms with Crippen molar-refractivity contribution in [3.63, 3.8) is 0 Å². The van der Waals surface area contributed by atoms with E-state index in [-0.39, 0.29) is 76.1 Å². The van der Waals surface area contributed by atoms with Crippen molar-refractivity contribution in [2.75, 3.05) is 85.8 Å². The second-order valence-corrected chi connectivity index (χ2v) is 34.5. The molecule has 6 aromatic rings. The number of likely N-dealkylation sites (N-methyl/N-ethyl adjacent to an activating group) is 3. The minimum absolute atomic E-state index is 0.0331. The van der Waals surface area contributed by atoms with Gasteiger partial charge >= 0.3 is 5.97 Å². The third-order valence-electron chi connectivity index (χ3n) is 23.4. The molecule has 9 rings (SSSR count). The van der Waals surface area contributed by atoms with Crippen LogP contribution in [-0.2, 0) is 128 Å². The molecule has 15 amide bonds. The third-order valence-corrected chi connectivity index (χ3v) is 24.5. The molecule has 3 aliphatic rings. The number of phenols is 1. The van der Waals surface area contributed by atoms with E-state index >= 15 is 51.9 Å². The Kier molecular flexibility index (Phi) is 39.3. The van der Waals surface area contributed by atoms with E-state index in [1.807, 2.05) is 0 Å². The predicted molar refractivity (Wildman–Crippen MR) is 481 cm³/mol. The van der Waals surface area contributed by atoms with Gasteiger partial charge in [-0.1, -0.05) is 125 Å². The Bertz CT molecular complexity index is 5200. The van der Waals surface area contributed by atoms with Crippen LogP contribution in [0.1, 0.15) is 93.5 Å². The molecule has 43 heteroatoms. The van der Waals surface area contributed by atoms with E-state index in [0.29, 0.717) is 63.5 Å². The van der Waals surface area contributed by atoms with Crippen molar-refractivity contribution in [3.05, 3.63) is 173 Å². The number of halogens is 3. The molecule has 5 aromatic carbocycles. The molecular formula is C92H115F3N16O23S. The highest BCUT2D eigenvalue weighted by Crippen LogP contribution is 2.28. The molecule has 0 aliphatic carbocycles. The van der Waals surface area contributed by atoms with Gasteiger partial charge in [0.25, 0.3) is 6.47 Å². The van der Waals surface area contributed by atoms with Crippen molar-refractivity contribution in [2.45, 2.75) is 182 Å². The van der Waals surface area contributed by atoms with Crippen LogP contribution < -0.4 is 53.6 Å². The van der Waals surface area contributed by atoms with Crippen LogP contribution in [0.5, 0.6) is 5.75 Å². The molecule has 0 spiro atoms. The van der Waals surface area contributed by atoms with Crippen molar-refractivity contribution >= 4 is 124 Å². The fourth-order valence-corrected chi connectivity index (χ4v) is 16.8. The number of aliphatic hydroxyl groups is 1. The van der Waals surface area contributed by atoms with E-state index in [1.54, 1.807) is 98.0 Å². The summed E-state index contributed by atoms with van der Waals surface area (Å²) in [6.07, 6.45) is -3.91. The molecule has 0 radical (unpaired) electrons. The highest BCUT2D eigenvalue weighted by molar-refractivity contribution is 8.00. The Hall–Kier alpha value is -13.6. The molecule has 1 aromatic heterocycles. The first-order chi connectivity index (χ1) is 64.4. The number of benzene rings is 5. The number of ether oxygens (including phenoxy) is 3. The van der Waals surface area contributed by atoms with Gasteiger partial charge in [0.2, 0.25) is 88.6 Å². The molecular weight excluding hydrogens is 1790 g/mol. The Morgan fingerprint density at radius 1 is 0.593 bits per heavy atom. The van der Waals surface area contributed by atoms with Crippen LogP contribution in [0.15, 0.2) is 128 Å². The summed E-state index contributed by atoms with van der Waals surface area (Å²) in [4.78, 5) is 257. The number of thioether (sulfide) groups is 1. The van der Waals surface area contributed by atoms with Gasteiger partial charge in [-0.2, -0.15) is 0 Å². The molecule has 15 N–H and O–H groups in total. The number of nitrogens with zero attached hydrogens (tertiary/aromatic N) is 5. The van der Waals surface area contributed by atoms with Crippen molar-refractivity contribution in [3.8, 4) is 5.75 Å². The van der Waals surface area contributed by atoms with Crippen molar-refractivity contribution in [1.29, 1.82) is 0 Å². The predicted octanol–water partition coefficient (Wildman–Crippen LogP) is -0.379. The molecule has 135 heavy (non-hydrogen) atoms. The molecule has 3 aliphatic heterocycles. The maximum absolute atomic E-state index is 15.7. The number of aliphatic hydroxyl groups excluding tert-OH is 1. The summed E-state index contributed by atoms with van der Waals surface area (Å²) in [5, 5.41) is 55.6. The number of aromatic nitrogens is 1. The zero-order chi connectivity index (χ0) is 98.4. The minimum Gasteiger partial charge on any atom is -0.508 e. The lowest BCUT2D eigenvalue weighted by molar-refractivity contribution is -0.158. The fourth-order valence-electron chi connectivity index (χ4n) is 16.0. The number of hydrogen-bond acceptors (Lipinski definition) is 23. The molecule has 3 fully saturated rings. The standard InChI is InChI=1S/C92H115F3N16O23S/c1-8-9-24-70-91(130)110-32-34-133-47-74(110)87(126)104-68(46-134-50-112)84(123)106-79(51(2)3)92(131)108(5)71(39-52-18-12-10-13-19-52)85(124)101-64(29-30-77(117)118)89(128)111-45-58(114)42-72(111)86(125)103-66(41-56-43-97-62-23-17-16-22-59(56)62)83(122)102-65(37-54-25-27-57(113)28-26-54)82(121)100-63(31-33-132-7)81(120)105-69(80(119)98-44-75(96)115)48-135-49-76(116)99-67(38-55-35-60(93)78(95)61(94)36-55)88(127)109(6)73(90(129)107(70)4)40-53-20-14-11-15-21-53/h10-23,25-28,35-36,43,50-51,58,63-74,79,97,113-114H,8-9,24,29-34,37-42,44-49H2,1-7H3,(H2,96,115)(H,98,119)(H,99,116)(H,100,121)(H,101,124)(H,102,122)(H,103,125)(H,104,126)(H,105,120)(H,106,123)(H,117,118)/t58-,63+,64+,65+,66+,67+,68+,69+,70+,71+,72-,73+,74-,79+/m1/s1. The van der Waals surface area contributed by atoms with Crippen molar-refractivity contribution in [2.24, 2.45) is 11.7 Å². The van der Waals surface area contributed by atoms with E-state index in [4.69, 9.17) is 19.9 Å². The lowest BCUT2D eigenvalue weighted by Gasteiger charge is -2.40. The SMILES string of the molecule is CCCC[C@H]1C(=O)N2CCOC[C@@H]2C(=O)N[C@@H](COC=O)C(=O)N[C@@H](C(C)C)C(=O)N(C)[C@@H](Cc2ccccc2)C(=O)N[C@@H](CCC(=O)O)C(=O)N2C[C@H](O)C[C@@H]2C(=O)N[C@@H](Cc2c[nH]c3ccccc23)C(=O)N[C@@H](Cc2ccc(O)cc2)C(=O)N[C@@H](CCOC)C(=O)N[C@H](C(=O)NCC(N)=O)CSCC(=O)N[C@@H](Cc2cc(F)c(F)c(F)c2)C(=O)N(C)[C@@H](Cc2ccccc2)C(=O)N1C. The quantitative estimate of drug-likeness (QED) is 0.0243. The molecule has 3 saturated heterocycles. The van der Waals surface area contributed by atoms with Crippen LogP contribution in [0.3, 0.4) is 0 Å². The zero-order valence-corrected chi connectivity index (χ0v) is 76.4. The van der Waals surface area contributed by atoms with Gasteiger partial charge < -0.3 is 113 Å². The smallest absolute Gasteiger partial charge is 0.303 e. The van der Waals surface area contributed by atoms with Gasteiger partial charge in [-0.25, -0.2) is 13.2 Å². The van der Waals surface area contributed by atoms with Gasteiger partial charge in [0, 0.05) is 116 Å².